The van der Waals surface area contributed by atoms with E-state index >= 15 is 0 Å². The van der Waals surface area contributed by atoms with Crippen LogP contribution >= 0.6 is 11.9 Å². The second-order valence-corrected chi connectivity index (χ2v) is 8.04. The minimum Gasteiger partial charge on any atom is -0.493 e. The molecule has 1 aromatic heterocycles. The molecule has 0 radical (unpaired) electrons. The van der Waals surface area contributed by atoms with Crippen molar-refractivity contribution in [3.63, 3.8) is 0 Å². The van der Waals surface area contributed by atoms with Gasteiger partial charge in [-0.3, -0.25) is 4.79 Å². The minimum atomic E-state index is -0.607. The zero-order valence-corrected chi connectivity index (χ0v) is 17.4. The van der Waals surface area contributed by atoms with E-state index < -0.39 is 5.97 Å². The molecule has 1 unspecified atom stereocenters. The number of fused-ring (bicyclic) bond motifs is 3. The van der Waals surface area contributed by atoms with Gasteiger partial charge in [0.1, 0.15) is 17.4 Å². The van der Waals surface area contributed by atoms with Crippen molar-refractivity contribution in [2.75, 3.05) is 13.7 Å². The Bertz CT molecular complexity index is 974. The third-order valence-corrected chi connectivity index (χ3v) is 5.24. The molecule has 6 nitrogen and oxygen atoms in total. The van der Waals surface area contributed by atoms with E-state index in [1.54, 1.807) is 19.2 Å². The summed E-state index contributed by atoms with van der Waals surface area (Å²) in [6.07, 6.45) is 2.31. The predicted molar refractivity (Wildman–Crippen MR) is 107 cm³/mol. The fourth-order valence-corrected chi connectivity index (χ4v) is 3.77. The van der Waals surface area contributed by atoms with E-state index in [0.717, 1.165) is 16.8 Å². The van der Waals surface area contributed by atoms with Gasteiger partial charge in [-0.15, -0.1) is 0 Å². The number of hydrogen-bond donors (Lipinski definition) is 0. The molecule has 0 bridgehead atoms. The van der Waals surface area contributed by atoms with Gasteiger partial charge in [-0.05, 0) is 36.5 Å². The molecule has 1 aliphatic heterocycles. The van der Waals surface area contributed by atoms with Gasteiger partial charge in [-0.1, -0.05) is 20.8 Å². The number of ether oxygens (including phenoxy) is 2. The van der Waals surface area contributed by atoms with Crippen LogP contribution in [0.2, 0.25) is 0 Å². The summed E-state index contributed by atoms with van der Waals surface area (Å²) in [6, 6.07) is 5.15. The molecule has 3 rings (SSSR count). The lowest BCUT2D eigenvalue weighted by Gasteiger charge is -2.39. The van der Waals surface area contributed by atoms with Gasteiger partial charge in [0.25, 0.3) is 0 Å². The summed E-state index contributed by atoms with van der Waals surface area (Å²) in [5.41, 5.74) is 2.11. The second kappa shape index (κ2) is 7.51. The van der Waals surface area contributed by atoms with Crippen LogP contribution in [0.4, 0.5) is 0 Å². The fraction of sp³-hybridized carbons (Fsp3) is 0.429. The number of halogens is 1. The molecule has 2 heterocycles. The van der Waals surface area contributed by atoms with Crippen LogP contribution in [0, 0.1) is 5.41 Å². The van der Waals surface area contributed by atoms with E-state index in [9.17, 15) is 9.59 Å². The van der Waals surface area contributed by atoms with E-state index in [4.69, 9.17) is 25.6 Å². The molecule has 0 saturated carbocycles. The first-order valence-corrected chi connectivity index (χ1v) is 9.45. The van der Waals surface area contributed by atoms with Crippen molar-refractivity contribution in [3.05, 3.63) is 45.7 Å². The van der Waals surface area contributed by atoms with Gasteiger partial charge < -0.3 is 18.3 Å². The molecule has 1 atom stereocenters. The number of carbonyl (C=O) groups is 1. The number of rotatable bonds is 4. The Hall–Kier alpha value is -2.47. The molecule has 7 heteroatoms. The Morgan fingerprint density at radius 1 is 1.25 bits per heavy atom. The summed E-state index contributed by atoms with van der Waals surface area (Å²) in [6.45, 7) is 8.29. The zero-order chi connectivity index (χ0) is 20.6. The number of nitrogens with zero attached hydrogens (tertiary/aromatic N) is 1. The van der Waals surface area contributed by atoms with Crippen LogP contribution in [0.25, 0.3) is 11.3 Å². The second-order valence-electron chi connectivity index (χ2n) is 7.89. The first kappa shape index (κ1) is 20.3. The highest BCUT2D eigenvalue weighted by Crippen LogP contribution is 2.45. The number of benzene rings is 1. The minimum absolute atomic E-state index is 0.0142. The van der Waals surface area contributed by atoms with Gasteiger partial charge in [0.15, 0.2) is 16.9 Å². The van der Waals surface area contributed by atoms with Gasteiger partial charge >= 0.3 is 5.97 Å². The maximum absolute atomic E-state index is 12.7. The fourth-order valence-electron chi connectivity index (χ4n) is 3.64. The summed E-state index contributed by atoms with van der Waals surface area (Å²) < 4.78 is 17.3. The lowest BCUT2D eigenvalue weighted by Crippen LogP contribution is -2.33. The Kier molecular flexibility index (Phi) is 5.44. The number of hydrogen-bond acceptors (Lipinski definition) is 5. The molecule has 0 saturated heterocycles. The van der Waals surface area contributed by atoms with Crippen LogP contribution in [0.15, 0.2) is 29.2 Å². The molecule has 0 amide bonds. The smallest absolute Gasteiger partial charge is 0.343 e. The molecule has 1 aliphatic rings. The average molecular weight is 406 g/mol. The predicted octanol–water partition coefficient (Wildman–Crippen LogP) is 4.38. The van der Waals surface area contributed by atoms with Crippen molar-refractivity contribution < 1.29 is 18.6 Å². The molecule has 2 aromatic rings. The molecule has 0 N–H and O–H groups in total. The molecule has 0 spiro atoms. The van der Waals surface area contributed by atoms with Crippen molar-refractivity contribution in [2.24, 2.45) is 5.41 Å². The van der Waals surface area contributed by atoms with E-state index in [0.29, 0.717) is 17.9 Å². The highest BCUT2D eigenvalue weighted by atomic mass is 35.5. The molecule has 28 heavy (non-hydrogen) atoms. The molecular weight excluding hydrogens is 382 g/mol. The number of pyridine rings is 1. The van der Waals surface area contributed by atoms with Crippen molar-refractivity contribution in [2.45, 2.75) is 40.2 Å². The maximum Gasteiger partial charge on any atom is 0.343 e. The number of carbonyl (C=O) groups excluding carboxylic acids is 1. The summed E-state index contributed by atoms with van der Waals surface area (Å²) in [7, 11) is 1.53. The third kappa shape index (κ3) is 3.49. The molecule has 150 valence electrons. The highest BCUT2D eigenvalue weighted by molar-refractivity contribution is 6.09. The van der Waals surface area contributed by atoms with Crippen LogP contribution in [0.1, 0.15) is 49.7 Å². The van der Waals surface area contributed by atoms with Crippen LogP contribution in [0.3, 0.4) is 0 Å². The Morgan fingerprint density at radius 3 is 2.54 bits per heavy atom. The van der Waals surface area contributed by atoms with Crippen molar-refractivity contribution in [1.82, 2.24) is 4.57 Å². The Balaban J connectivity index is 2.28. The van der Waals surface area contributed by atoms with Crippen molar-refractivity contribution in [1.29, 1.82) is 0 Å². The van der Waals surface area contributed by atoms with Gasteiger partial charge in [0.05, 0.1) is 19.4 Å². The molecule has 1 aromatic carbocycles. The quantitative estimate of drug-likeness (QED) is 0.706. The summed E-state index contributed by atoms with van der Waals surface area (Å²) >= 11 is 5.60. The number of esters is 1. The Morgan fingerprint density at radius 2 is 1.96 bits per heavy atom. The normalized spacial score (nSPS) is 15.4. The van der Waals surface area contributed by atoms with E-state index in [1.165, 1.54) is 13.2 Å². The summed E-state index contributed by atoms with van der Waals surface area (Å²) in [4.78, 5) is 24.9. The van der Waals surface area contributed by atoms with E-state index in [-0.39, 0.29) is 29.1 Å². The van der Waals surface area contributed by atoms with Gasteiger partial charge in [-0.2, -0.15) is 0 Å². The number of methoxy groups -OCH3 is 1. The SMILES string of the molecule is CCOC(=O)c1cn2c(cc1=O)-c1cc(OC)c(OCl)cc1CC2C(C)(C)C. The standard InChI is InChI=1S/C21H24ClNO5/c1-6-27-20(25)14-11-23-15(10-16(14)24)13-9-17(26-5)18(28-22)7-12(13)8-19(23)21(2,3)4/h7,9-11,19H,6,8H2,1-5H3. The van der Waals surface area contributed by atoms with Crippen LogP contribution in [-0.4, -0.2) is 24.3 Å². The molecular formula is C21H24ClNO5. The van der Waals surface area contributed by atoms with Gasteiger partial charge in [0.2, 0.25) is 0 Å². The Labute approximate surface area is 169 Å². The first-order valence-electron chi connectivity index (χ1n) is 9.14. The third-order valence-electron chi connectivity index (χ3n) is 5.07. The lowest BCUT2D eigenvalue weighted by molar-refractivity contribution is 0.0523. The monoisotopic (exact) mass is 405 g/mol. The van der Waals surface area contributed by atoms with Crippen LogP contribution < -0.4 is 14.5 Å². The highest BCUT2D eigenvalue weighted by Gasteiger charge is 2.34. The molecule has 0 fully saturated rings. The summed E-state index contributed by atoms with van der Waals surface area (Å²) in [5, 5.41) is 0. The number of aromatic nitrogens is 1. The van der Waals surface area contributed by atoms with Gasteiger partial charge in [-0.25, -0.2) is 4.79 Å². The largest absolute Gasteiger partial charge is 0.493 e. The topological polar surface area (TPSA) is 66.8 Å². The molecule has 0 aliphatic carbocycles. The van der Waals surface area contributed by atoms with Crippen LogP contribution in [0.5, 0.6) is 11.5 Å². The lowest BCUT2D eigenvalue weighted by atomic mass is 9.78. The van der Waals surface area contributed by atoms with E-state index in [2.05, 4.69) is 20.8 Å². The van der Waals surface area contributed by atoms with Gasteiger partial charge in [0, 0.05) is 23.9 Å². The maximum atomic E-state index is 12.7. The van der Waals surface area contributed by atoms with E-state index in [1.807, 2.05) is 10.6 Å². The van der Waals surface area contributed by atoms with Crippen molar-refractivity contribution in [3.8, 4) is 22.8 Å². The summed E-state index contributed by atoms with van der Waals surface area (Å²) in [5.74, 6) is 0.288. The average Bonchev–Trinajstić information content (AvgIpc) is 2.65. The van der Waals surface area contributed by atoms with Crippen molar-refractivity contribution >= 4 is 17.8 Å². The zero-order valence-electron chi connectivity index (χ0n) is 16.7. The first-order chi connectivity index (χ1) is 13.2. The van der Waals surface area contributed by atoms with Crippen LogP contribution in [-0.2, 0) is 11.2 Å².